The van der Waals surface area contributed by atoms with E-state index in [1.807, 2.05) is 0 Å². The van der Waals surface area contributed by atoms with Crippen molar-refractivity contribution in [2.45, 2.75) is 45.6 Å². The van der Waals surface area contributed by atoms with Crippen LogP contribution in [0.3, 0.4) is 0 Å². The van der Waals surface area contributed by atoms with Crippen LogP contribution in [0, 0.1) is 17.8 Å². The van der Waals surface area contributed by atoms with E-state index in [0.29, 0.717) is 6.04 Å². The van der Waals surface area contributed by atoms with Crippen LogP contribution in [0.25, 0.3) is 0 Å². The molecule has 0 radical (unpaired) electrons. The maximum Gasteiger partial charge on any atom is 0.122 e. The molecular formula is C18H27NO. The Labute approximate surface area is 122 Å². The van der Waals surface area contributed by atoms with Gasteiger partial charge in [0.1, 0.15) is 5.75 Å². The third-order valence-electron chi connectivity index (χ3n) is 5.49. The highest BCUT2D eigenvalue weighted by atomic mass is 16.5. The lowest BCUT2D eigenvalue weighted by atomic mass is 9.72. The molecule has 2 heteroatoms. The summed E-state index contributed by atoms with van der Waals surface area (Å²) in [6.07, 6.45) is 5.14. The molecule has 110 valence electrons. The van der Waals surface area contributed by atoms with Crippen molar-refractivity contribution in [3.05, 3.63) is 29.3 Å². The Balaban J connectivity index is 1.79. The van der Waals surface area contributed by atoms with Crippen molar-refractivity contribution in [2.75, 3.05) is 13.7 Å². The molecule has 1 fully saturated rings. The summed E-state index contributed by atoms with van der Waals surface area (Å²) in [7, 11) is 2.11. The molecule has 0 aromatic heterocycles. The molecule has 1 aromatic rings. The van der Waals surface area contributed by atoms with E-state index in [1.165, 1.54) is 30.4 Å². The minimum Gasteiger partial charge on any atom is -0.493 e. The molecule has 20 heavy (non-hydrogen) atoms. The summed E-state index contributed by atoms with van der Waals surface area (Å²) in [5, 5.41) is 3.57. The standard InChI is InChI=1S/C18H27NO/c1-12-4-5-15(10-13(12)2)18(19-3)16-6-7-17-14(11-16)8-9-20-17/h6-7,11-13,15,18-19H,4-5,8-10H2,1-3H3. The van der Waals surface area contributed by atoms with Crippen LogP contribution >= 0.6 is 0 Å². The van der Waals surface area contributed by atoms with E-state index in [-0.39, 0.29) is 0 Å². The smallest absolute Gasteiger partial charge is 0.122 e. The van der Waals surface area contributed by atoms with E-state index >= 15 is 0 Å². The molecule has 1 N–H and O–H groups in total. The van der Waals surface area contributed by atoms with Crippen LogP contribution in [-0.4, -0.2) is 13.7 Å². The lowest BCUT2D eigenvalue weighted by Gasteiger charge is -2.37. The molecule has 2 nitrogen and oxygen atoms in total. The van der Waals surface area contributed by atoms with Crippen molar-refractivity contribution in [1.29, 1.82) is 0 Å². The molecule has 4 atom stereocenters. The van der Waals surface area contributed by atoms with Crippen LogP contribution in [0.4, 0.5) is 0 Å². The predicted octanol–water partition coefficient (Wildman–Crippen LogP) is 3.95. The SMILES string of the molecule is CNC(c1ccc2c(c1)CCO2)C1CCC(C)C(C)C1. The minimum atomic E-state index is 0.496. The first-order valence-corrected chi connectivity index (χ1v) is 8.12. The molecule has 1 aromatic carbocycles. The van der Waals surface area contributed by atoms with Crippen LogP contribution in [0.5, 0.6) is 5.75 Å². The first-order chi connectivity index (χ1) is 9.69. The van der Waals surface area contributed by atoms with Crippen molar-refractivity contribution in [2.24, 2.45) is 17.8 Å². The summed E-state index contributed by atoms with van der Waals surface area (Å²) < 4.78 is 5.62. The molecule has 1 aliphatic carbocycles. The Morgan fingerprint density at radius 1 is 1.20 bits per heavy atom. The van der Waals surface area contributed by atoms with Crippen LogP contribution in [-0.2, 0) is 6.42 Å². The Bertz CT molecular complexity index is 470. The lowest BCUT2D eigenvalue weighted by Crippen LogP contribution is -2.31. The van der Waals surface area contributed by atoms with Crippen molar-refractivity contribution in [3.63, 3.8) is 0 Å². The highest BCUT2D eigenvalue weighted by molar-refractivity contribution is 5.41. The summed E-state index contributed by atoms with van der Waals surface area (Å²) in [5.41, 5.74) is 2.84. The van der Waals surface area contributed by atoms with Gasteiger partial charge in [-0.05, 0) is 54.8 Å². The second-order valence-electron chi connectivity index (χ2n) is 6.76. The van der Waals surface area contributed by atoms with Gasteiger partial charge >= 0.3 is 0 Å². The van der Waals surface area contributed by atoms with E-state index in [0.717, 1.165) is 36.5 Å². The minimum absolute atomic E-state index is 0.496. The van der Waals surface area contributed by atoms with Gasteiger partial charge in [0.25, 0.3) is 0 Å². The number of ether oxygens (including phenoxy) is 1. The van der Waals surface area contributed by atoms with Gasteiger partial charge in [0.05, 0.1) is 6.61 Å². The van der Waals surface area contributed by atoms with Crippen LogP contribution in [0.2, 0.25) is 0 Å². The monoisotopic (exact) mass is 273 g/mol. The molecule has 1 saturated carbocycles. The Hall–Kier alpha value is -1.02. The maximum absolute atomic E-state index is 5.62. The van der Waals surface area contributed by atoms with Crippen molar-refractivity contribution in [3.8, 4) is 5.75 Å². The Kier molecular flexibility index (Phi) is 4.02. The lowest BCUT2D eigenvalue weighted by molar-refractivity contribution is 0.174. The number of benzene rings is 1. The Morgan fingerprint density at radius 3 is 2.80 bits per heavy atom. The zero-order valence-corrected chi connectivity index (χ0v) is 13.0. The molecular weight excluding hydrogens is 246 g/mol. The molecule has 0 bridgehead atoms. The molecule has 4 unspecified atom stereocenters. The summed E-state index contributed by atoms with van der Waals surface area (Å²) in [6.45, 7) is 5.67. The zero-order chi connectivity index (χ0) is 14.1. The summed E-state index contributed by atoms with van der Waals surface area (Å²) in [6, 6.07) is 7.28. The highest BCUT2D eigenvalue weighted by Gasteiger charge is 2.30. The predicted molar refractivity (Wildman–Crippen MR) is 83.1 cm³/mol. The summed E-state index contributed by atoms with van der Waals surface area (Å²) in [5.74, 6) is 3.60. The zero-order valence-electron chi connectivity index (χ0n) is 13.0. The summed E-state index contributed by atoms with van der Waals surface area (Å²) >= 11 is 0. The van der Waals surface area contributed by atoms with Gasteiger partial charge in [0, 0.05) is 12.5 Å². The van der Waals surface area contributed by atoms with Gasteiger partial charge in [-0.3, -0.25) is 0 Å². The van der Waals surface area contributed by atoms with Gasteiger partial charge in [-0.1, -0.05) is 32.4 Å². The Morgan fingerprint density at radius 2 is 2.05 bits per heavy atom. The van der Waals surface area contributed by atoms with Gasteiger partial charge in [0.15, 0.2) is 0 Å². The van der Waals surface area contributed by atoms with Crippen LogP contribution < -0.4 is 10.1 Å². The van der Waals surface area contributed by atoms with Crippen LogP contribution in [0.1, 0.15) is 50.3 Å². The molecule has 0 amide bonds. The van der Waals surface area contributed by atoms with Crippen molar-refractivity contribution >= 4 is 0 Å². The molecule has 1 heterocycles. The van der Waals surface area contributed by atoms with Gasteiger partial charge in [-0.2, -0.15) is 0 Å². The second-order valence-corrected chi connectivity index (χ2v) is 6.76. The van der Waals surface area contributed by atoms with Gasteiger partial charge in [-0.15, -0.1) is 0 Å². The summed E-state index contributed by atoms with van der Waals surface area (Å²) in [4.78, 5) is 0. The third kappa shape index (κ3) is 2.58. The number of hydrogen-bond donors (Lipinski definition) is 1. The van der Waals surface area contributed by atoms with E-state index in [9.17, 15) is 0 Å². The van der Waals surface area contributed by atoms with E-state index in [4.69, 9.17) is 4.74 Å². The first kappa shape index (κ1) is 13.9. The molecule has 0 saturated heterocycles. The fourth-order valence-electron chi connectivity index (χ4n) is 3.97. The largest absolute Gasteiger partial charge is 0.493 e. The van der Waals surface area contributed by atoms with Crippen molar-refractivity contribution < 1.29 is 4.74 Å². The number of hydrogen-bond acceptors (Lipinski definition) is 2. The normalized spacial score (nSPS) is 30.6. The maximum atomic E-state index is 5.62. The van der Waals surface area contributed by atoms with E-state index in [1.54, 1.807) is 0 Å². The van der Waals surface area contributed by atoms with Gasteiger partial charge in [-0.25, -0.2) is 0 Å². The third-order valence-corrected chi connectivity index (χ3v) is 5.49. The number of nitrogens with one attached hydrogen (secondary N) is 1. The van der Waals surface area contributed by atoms with Crippen molar-refractivity contribution in [1.82, 2.24) is 5.32 Å². The second kappa shape index (κ2) is 5.77. The van der Waals surface area contributed by atoms with Crippen LogP contribution in [0.15, 0.2) is 18.2 Å². The molecule has 2 aliphatic rings. The fourth-order valence-corrected chi connectivity index (χ4v) is 3.97. The average molecular weight is 273 g/mol. The van der Waals surface area contributed by atoms with E-state index in [2.05, 4.69) is 44.4 Å². The average Bonchev–Trinajstić information content (AvgIpc) is 2.91. The number of fused-ring (bicyclic) bond motifs is 1. The van der Waals surface area contributed by atoms with Gasteiger partial charge in [0.2, 0.25) is 0 Å². The molecule has 0 spiro atoms. The number of rotatable bonds is 3. The first-order valence-electron chi connectivity index (χ1n) is 8.12. The van der Waals surface area contributed by atoms with Gasteiger partial charge < -0.3 is 10.1 Å². The van der Waals surface area contributed by atoms with E-state index < -0.39 is 0 Å². The topological polar surface area (TPSA) is 21.3 Å². The fraction of sp³-hybridized carbons (Fsp3) is 0.667. The molecule has 3 rings (SSSR count). The molecule has 1 aliphatic heterocycles. The quantitative estimate of drug-likeness (QED) is 0.900. The highest BCUT2D eigenvalue weighted by Crippen LogP contribution is 2.40.